The first-order valence-electron chi connectivity index (χ1n) is 11.2. The quantitative estimate of drug-likeness (QED) is 0.109. The van der Waals surface area contributed by atoms with Crippen LogP contribution in [-0.4, -0.2) is 77.8 Å². The van der Waals surface area contributed by atoms with E-state index in [1.807, 2.05) is 30.3 Å². The van der Waals surface area contributed by atoms with Crippen LogP contribution in [-0.2, 0) is 19.2 Å². The van der Waals surface area contributed by atoms with Gasteiger partial charge in [0.1, 0.15) is 29.9 Å². The van der Waals surface area contributed by atoms with Crippen LogP contribution in [0.5, 0.6) is 0 Å². The van der Waals surface area contributed by atoms with Gasteiger partial charge in [0.25, 0.3) is 17.7 Å². The summed E-state index contributed by atoms with van der Waals surface area (Å²) in [6, 6.07) is 8.16. The summed E-state index contributed by atoms with van der Waals surface area (Å²) in [4.78, 5) is 48.4. The zero-order valence-electron chi connectivity index (χ0n) is 20.1. The zero-order chi connectivity index (χ0) is 27.7. The summed E-state index contributed by atoms with van der Waals surface area (Å²) in [7, 11) is 1.27. The molecular formula is C23H19N7O6S3. The number of oxime groups is 1. The number of hydrogen-bond donors (Lipinski definition) is 3. The van der Waals surface area contributed by atoms with E-state index in [4.69, 9.17) is 27.2 Å². The van der Waals surface area contributed by atoms with E-state index in [2.05, 4.69) is 25.7 Å². The number of carbonyl (C=O) groups excluding carboxylic acids is 2. The van der Waals surface area contributed by atoms with Crippen molar-refractivity contribution in [1.82, 2.24) is 25.4 Å². The van der Waals surface area contributed by atoms with E-state index in [9.17, 15) is 19.5 Å². The van der Waals surface area contributed by atoms with E-state index in [0.29, 0.717) is 5.57 Å². The number of nitrogens with one attached hydrogen (secondary N) is 1. The predicted molar refractivity (Wildman–Crippen MR) is 146 cm³/mol. The highest BCUT2D eigenvalue weighted by Gasteiger charge is 2.54. The molecule has 4 N–H and O–H groups in total. The van der Waals surface area contributed by atoms with Gasteiger partial charge in [-0.25, -0.2) is 9.78 Å². The van der Waals surface area contributed by atoms with Crippen molar-refractivity contribution in [2.45, 2.75) is 17.8 Å². The number of anilines is 1. The smallest absolute Gasteiger partial charge is 0.352 e. The second-order valence-electron chi connectivity index (χ2n) is 8.19. The van der Waals surface area contributed by atoms with Crippen molar-refractivity contribution in [2.24, 2.45) is 5.16 Å². The van der Waals surface area contributed by atoms with E-state index in [0.717, 1.165) is 21.8 Å². The average Bonchev–Trinajstić information content (AvgIpc) is 3.60. The van der Waals surface area contributed by atoms with Crippen LogP contribution in [0.25, 0.3) is 11.5 Å². The Morgan fingerprint density at radius 2 is 2.10 bits per heavy atom. The van der Waals surface area contributed by atoms with Gasteiger partial charge in [-0.3, -0.25) is 14.5 Å². The van der Waals surface area contributed by atoms with Crippen LogP contribution in [0.1, 0.15) is 18.0 Å². The molecule has 1 saturated heterocycles. The van der Waals surface area contributed by atoms with Gasteiger partial charge in [0.15, 0.2) is 10.8 Å². The maximum Gasteiger partial charge on any atom is 0.352 e. The molecule has 13 nitrogen and oxygen atoms in total. The number of hydrogen-bond acceptors (Lipinski definition) is 13. The molecule has 2 amide bonds. The Balaban J connectivity index is 1.31. The number of thioether (sulfide) groups is 1. The second-order valence-corrected chi connectivity index (χ2v) is 10.7. The van der Waals surface area contributed by atoms with E-state index in [1.54, 1.807) is 0 Å². The van der Waals surface area contributed by atoms with Gasteiger partial charge >= 0.3 is 5.97 Å². The maximum atomic E-state index is 13.1. The third kappa shape index (κ3) is 5.13. The molecule has 16 heteroatoms. The summed E-state index contributed by atoms with van der Waals surface area (Å²) >= 11 is 7.88. The van der Waals surface area contributed by atoms with Gasteiger partial charge in [0.2, 0.25) is 5.89 Å². The molecule has 2 unspecified atom stereocenters. The highest BCUT2D eigenvalue weighted by Crippen LogP contribution is 2.41. The van der Waals surface area contributed by atoms with Crippen LogP contribution in [0.2, 0.25) is 0 Å². The lowest BCUT2D eigenvalue weighted by molar-refractivity contribution is -0.150. The number of nitrogens with two attached hydrogens (primary N) is 1. The van der Waals surface area contributed by atoms with Crippen LogP contribution in [0, 0.1) is 0 Å². The maximum absolute atomic E-state index is 13.1. The molecule has 0 spiro atoms. The molecule has 2 aliphatic rings. The number of carboxylic acids is 1. The molecule has 2 aliphatic heterocycles. The van der Waals surface area contributed by atoms with Crippen LogP contribution in [0.3, 0.4) is 0 Å². The van der Waals surface area contributed by atoms with Gasteiger partial charge in [-0.05, 0) is 17.7 Å². The number of thiocarbonyl (C=S) groups is 1. The molecule has 0 aliphatic carbocycles. The summed E-state index contributed by atoms with van der Waals surface area (Å²) < 4.78 is 5.69. The Morgan fingerprint density at radius 3 is 2.77 bits per heavy atom. The first kappa shape index (κ1) is 26.5. The van der Waals surface area contributed by atoms with Gasteiger partial charge in [-0.1, -0.05) is 35.6 Å². The fourth-order valence-electron chi connectivity index (χ4n) is 4.02. The number of carbonyl (C=O) groups is 3. The first-order valence-corrected chi connectivity index (χ1v) is 13.6. The molecule has 39 heavy (non-hydrogen) atoms. The van der Waals surface area contributed by atoms with Crippen molar-refractivity contribution in [3.05, 3.63) is 58.6 Å². The lowest BCUT2D eigenvalue weighted by Gasteiger charge is -2.49. The lowest BCUT2D eigenvalue weighted by Crippen LogP contribution is -2.71. The minimum atomic E-state index is -1.29. The first-order chi connectivity index (χ1) is 18.8. The Labute approximate surface area is 234 Å². The third-order valence-corrected chi connectivity index (χ3v) is 8.09. The van der Waals surface area contributed by atoms with E-state index < -0.39 is 29.2 Å². The zero-order valence-corrected chi connectivity index (χ0v) is 22.5. The van der Waals surface area contributed by atoms with Crippen molar-refractivity contribution in [2.75, 3.05) is 18.6 Å². The highest BCUT2D eigenvalue weighted by atomic mass is 32.2. The van der Waals surface area contributed by atoms with Crippen molar-refractivity contribution in [3.63, 3.8) is 0 Å². The molecule has 4 heterocycles. The summed E-state index contributed by atoms with van der Waals surface area (Å²) in [6.45, 7) is 0. The van der Waals surface area contributed by atoms with Crippen LogP contribution >= 0.6 is 35.3 Å². The molecule has 0 bridgehead atoms. The van der Waals surface area contributed by atoms with Gasteiger partial charge in [-0.15, -0.1) is 33.3 Å². The minimum absolute atomic E-state index is 0.0316. The number of rotatable bonds is 9. The van der Waals surface area contributed by atoms with Crippen molar-refractivity contribution in [1.29, 1.82) is 0 Å². The highest BCUT2D eigenvalue weighted by molar-refractivity contribution is 8.00. The standard InChI is InChI=1S/C23H19N7O6S3/c1-35-29-14(12-9-39-23(24)25-12)17(31)26-15-20(32)30-16(22(33)34)11(8-38-21(15)30)7-13(37)19-28-27-18(36-19)10-5-3-2-4-6-10/h2-6,9,15,21H,7-8H2,1H3,(H2,24,25)(H,26,31)(H,33,34). The topological polar surface area (TPSA) is 186 Å². The minimum Gasteiger partial charge on any atom is -0.477 e. The number of nitrogens with zero attached hydrogens (tertiary/aromatic N) is 5. The molecular weight excluding hydrogens is 566 g/mol. The fourth-order valence-corrected chi connectivity index (χ4v) is 6.17. The Kier molecular flexibility index (Phi) is 7.40. The molecule has 1 aromatic carbocycles. The fraction of sp³-hybridized carbons (Fsp3) is 0.217. The van der Waals surface area contributed by atoms with Crippen molar-refractivity contribution < 1.29 is 28.7 Å². The van der Waals surface area contributed by atoms with E-state index >= 15 is 0 Å². The van der Waals surface area contributed by atoms with Crippen LogP contribution < -0.4 is 11.1 Å². The van der Waals surface area contributed by atoms with Crippen molar-refractivity contribution in [3.8, 4) is 11.5 Å². The van der Waals surface area contributed by atoms with Gasteiger partial charge < -0.3 is 25.4 Å². The SMILES string of the molecule is CON=C(C(=O)NC1C(=O)N2C(C(=O)O)=C(CC(=S)c3nnc(-c4ccccc4)o3)CSC12)c1csc(N)n1. The van der Waals surface area contributed by atoms with Gasteiger partial charge in [-0.2, -0.15) is 0 Å². The Hall–Kier alpha value is -4.15. The van der Waals surface area contributed by atoms with E-state index in [-0.39, 0.29) is 51.1 Å². The molecule has 0 saturated carbocycles. The molecule has 2 aromatic heterocycles. The molecule has 0 radical (unpaired) electrons. The predicted octanol–water partition coefficient (Wildman–Crippen LogP) is 1.67. The normalized spacial score (nSPS) is 18.8. The largest absolute Gasteiger partial charge is 0.477 e. The summed E-state index contributed by atoms with van der Waals surface area (Å²) in [6.07, 6.45) is 0.0316. The molecule has 3 aromatic rings. The van der Waals surface area contributed by atoms with Crippen LogP contribution in [0.15, 0.2) is 56.6 Å². The van der Waals surface area contributed by atoms with Gasteiger partial charge in [0.05, 0.1) is 4.86 Å². The monoisotopic (exact) mass is 585 g/mol. The number of β-lactam (4-membered cyclic amide) rings is 1. The van der Waals surface area contributed by atoms with Crippen LogP contribution in [0.4, 0.5) is 5.13 Å². The number of carboxylic acid groups (broad SMARTS) is 1. The second kappa shape index (κ2) is 10.9. The average molecular weight is 586 g/mol. The molecule has 1 fully saturated rings. The number of nitrogen functional groups attached to an aromatic ring is 1. The van der Waals surface area contributed by atoms with Crippen molar-refractivity contribution >= 4 is 68.8 Å². The molecule has 2 atom stereocenters. The number of fused-ring (bicyclic) bond motifs is 1. The molecule has 5 rings (SSSR count). The number of aliphatic carboxylic acids is 1. The number of thiazole rings is 1. The molecule has 200 valence electrons. The number of aromatic nitrogens is 3. The van der Waals surface area contributed by atoms with E-state index in [1.165, 1.54) is 24.3 Å². The lowest BCUT2D eigenvalue weighted by atomic mass is 10.0. The number of benzene rings is 1. The Morgan fingerprint density at radius 1 is 1.33 bits per heavy atom. The summed E-state index contributed by atoms with van der Waals surface area (Å²) in [5.74, 6) is -1.94. The Bertz CT molecular complexity index is 1530. The third-order valence-electron chi connectivity index (χ3n) is 5.76. The summed E-state index contributed by atoms with van der Waals surface area (Å²) in [5.41, 5.74) is 6.64. The summed E-state index contributed by atoms with van der Waals surface area (Å²) in [5, 5.41) is 25.4. The van der Waals surface area contributed by atoms with Gasteiger partial charge in [0, 0.05) is 23.1 Å². The number of amides is 2.